The maximum atomic E-state index is 12.0. The fourth-order valence-electron chi connectivity index (χ4n) is 4.82. The van der Waals surface area contributed by atoms with Gasteiger partial charge in [-0.15, -0.1) is 0 Å². The van der Waals surface area contributed by atoms with Crippen molar-refractivity contribution in [3.8, 4) is 0 Å². The van der Waals surface area contributed by atoms with Crippen LogP contribution in [-0.2, 0) is 19.1 Å². The van der Waals surface area contributed by atoms with Gasteiger partial charge in [0.25, 0.3) is 0 Å². The molecule has 37 heavy (non-hydrogen) atoms. The number of rotatable bonds is 27. The first-order chi connectivity index (χ1) is 17.8. The van der Waals surface area contributed by atoms with Crippen LogP contribution in [0.1, 0.15) is 169 Å². The zero-order valence-corrected chi connectivity index (χ0v) is 25.6. The number of ether oxygens (including phenoxy) is 2. The minimum absolute atomic E-state index is 0.00297. The van der Waals surface area contributed by atoms with Crippen LogP contribution in [0, 0.1) is 17.8 Å². The van der Waals surface area contributed by atoms with Crippen molar-refractivity contribution in [1.29, 1.82) is 0 Å². The Kier molecular flexibility index (Phi) is 25.8. The SMILES string of the molecule is CCC(CCCCCCCCCCCCCCCC(=O)OCCCC(C)C)CC(=O)OCCCC(C)C. The van der Waals surface area contributed by atoms with Crippen LogP contribution in [0.15, 0.2) is 0 Å². The second-order valence-electron chi connectivity index (χ2n) is 12.1. The van der Waals surface area contributed by atoms with Gasteiger partial charge in [-0.3, -0.25) is 9.59 Å². The number of esters is 2. The summed E-state index contributed by atoms with van der Waals surface area (Å²) in [5.74, 6) is 1.84. The molecule has 4 nitrogen and oxygen atoms in total. The summed E-state index contributed by atoms with van der Waals surface area (Å²) < 4.78 is 10.7. The van der Waals surface area contributed by atoms with Crippen molar-refractivity contribution in [3.63, 3.8) is 0 Å². The summed E-state index contributed by atoms with van der Waals surface area (Å²) in [6.45, 7) is 12.2. The van der Waals surface area contributed by atoms with Gasteiger partial charge >= 0.3 is 11.9 Å². The Bertz CT molecular complexity index is 514. The fourth-order valence-corrected chi connectivity index (χ4v) is 4.82. The third-order valence-electron chi connectivity index (χ3n) is 7.40. The van der Waals surface area contributed by atoms with E-state index in [2.05, 4.69) is 34.6 Å². The molecule has 0 aliphatic carbocycles. The minimum atomic E-state index is -0.0125. The Morgan fingerprint density at radius 3 is 1.35 bits per heavy atom. The van der Waals surface area contributed by atoms with E-state index in [1.807, 2.05) is 0 Å². The Morgan fingerprint density at radius 2 is 0.919 bits per heavy atom. The number of hydrogen-bond acceptors (Lipinski definition) is 4. The number of carbonyl (C=O) groups is 2. The van der Waals surface area contributed by atoms with E-state index in [9.17, 15) is 9.59 Å². The van der Waals surface area contributed by atoms with Crippen molar-refractivity contribution >= 4 is 11.9 Å². The quantitative estimate of drug-likeness (QED) is 0.0792. The van der Waals surface area contributed by atoms with Crippen LogP contribution in [0.5, 0.6) is 0 Å². The van der Waals surface area contributed by atoms with Crippen LogP contribution in [0.4, 0.5) is 0 Å². The molecule has 0 spiro atoms. The molecular formula is C33H64O4. The molecule has 0 saturated heterocycles. The average molecular weight is 525 g/mol. The van der Waals surface area contributed by atoms with E-state index in [-0.39, 0.29) is 11.9 Å². The van der Waals surface area contributed by atoms with Crippen LogP contribution in [0.2, 0.25) is 0 Å². The Labute approximate surface area is 231 Å². The van der Waals surface area contributed by atoms with Gasteiger partial charge in [-0.25, -0.2) is 0 Å². The fraction of sp³-hybridized carbons (Fsp3) is 0.939. The molecule has 1 atom stereocenters. The maximum Gasteiger partial charge on any atom is 0.306 e. The Morgan fingerprint density at radius 1 is 0.514 bits per heavy atom. The van der Waals surface area contributed by atoms with Crippen molar-refractivity contribution < 1.29 is 19.1 Å². The van der Waals surface area contributed by atoms with Crippen molar-refractivity contribution in [1.82, 2.24) is 0 Å². The van der Waals surface area contributed by atoms with Crippen molar-refractivity contribution in [2.75, 3.05) is 13.2 Å². The highest BCUT2D eigenvalue weighted by Crippen LogP contribution is 2.20. The Hall–Kier alpha value is -1.06. The molecule has 0 radical (unpaired) electrons. The van der Waals surface area contributed by atoms with E-state index in [0.717, 1.165) is 51.4 Å². The summed E-state index contributed by atoms with van der Waals surface area (Å²) in [6.07, 6.45) is 24.3. The minimum Gasteiger partial charge on any atom is -0.466 e. The van der Waals surface area contributed by atoms with Crippen LogP contribution in [0.3, 0.4) is 0 Å². The van der Waals surface area contributed by atoms with Gasteiger partial charge in [-0.1, -0.05) is 118 Å². The van der Waals surface area contributed by atoms with E-state index in [0.29, 0.717) is 43.8 Å². The van der Waals surface area contributed by atoms with Crippen LogP contribution in [-0.4, -0.2) is 25.2 Å². The summed E-state index contributed by atoms with van der Waals surface area (Å²) in [5.41, 5.74) is 0. The van der Waals surface area contributed by atoms with Crippen molar-refractivity contribution in [2.45, 2.75) is 169 Å². The zero-order chi connectivity index (χ0) is 27.6. The number of hydrogen-bond donors (Lipinski definition) is 0. The molecule has 0 rings (SSSR count). The van der Waals surface area contributed by atoms with Crippen LogP contribution < -0.4 is 0 Å². The Balaban J connectivity index is 3.39. The third-order valence-corrected chi connectivity index (χ3v) is 7.40. The summed E-state index contributed by atoms with van der Waals surface area (Å²) in [4.78, 5) is 23.8. The van der Waals surface area contributed by atoms with E-state index in [1.165, 1.54) is 70.6 Å². The molecule has 0 aliphatic rings. The first-order valence-corrected chi connectivity index (χ1v) is 16.2. The molecule has 0 saturated carbocycles. The normalized spacial score (nSPS) is 12.3. The second kappa shape index (κ2) is 26.5. The van der Waals surface area contributed by atoms with Crippen molar-refractivity contribution in [3.05, 3.63) is 0 Å². The standard InChI is InChI=1S/C33H64O4/c1-6-31(28-33(35)37-27-21-23-30(4)5)24-18-16-14-12-10-8-7-9-11-13-15-17-19-25-32(34)36-26-20-22-29(2)3/h29-31H,6-28H2,1-5H3. The molecule has 4 heteroatoms. The van der Waals surface area contributed by atoms with Gasteiger partial charge in [0.1, 0.15) is 0 Å². The lowest BCUT2D eigenvalue weighted by atomic mass is 9.95. The summed E-state index contributed by atoms with van der Waals surface area (Å²) in [6, 6.07) is 0. The highest BCUT2D eigenvalue weighted by molar-refractivity contribution is 5.69. The van der Waals surface area contributed by atoms with Gasteiger partial charge in [-0.05, 0) is 56.3 Å². The van der Waals surface area contributed by atoms with E-state index in [4.69, 9.17) is 9.47 Å². The molecule has 220 valence electrons. The monoisotopic (exact) mass is 524 g/mol. The molecule has 0 amide bonds. The molecule has 0 aromatic carbocycles. The summed E-state index contributed by atoms with van der Waals surface area (Å²) in [5, 5.41) is 0. The average Bonchev–Trinajstić information content (AvgIpc) is 2.85. The smallest absolute Gasteiger partial charge is 0.306 e. The van der Waals surface area contributed by atoms with E-state index < -0.39 is 0 Å². The molecule has 0 N–H and O–H groups in total. The highest BCUT2D eigenvalue weighted by atomic mass is 16.5. The molecule has 0 aliphatic heterocycles. The molecule has 0 heterocycles. The molecule has 0 aromatic heterocycles. The van der Waals surface area contributed by atoms with Gasteiger partial charge in [-0.2, -0.15) is 0 Å². The molecule has 0 fully saturated rings. The molecule has 1 unspecified atom stereocenters. The number of carbonyl (C=O) groups excluding carboxylic acids is 2. The second-order valence-corrected chi connectivity index (χ2v) is 12.1. The molecular weight excluding hydrogens is 460 g/mol. The predicted molar refractivity (Wildman–Crippen MR) is 158 cm³/mol. The first kappa shape index (κ1) is 35.9. The topological polar surface area (TPSA) is 52.6 Å². The highest BCUT2D eigenvalue weighted by Gasteiger charge is 2.13. The third kappa shape index (κ3) is 27.8. The maximum absolute atomic E-state index is 12.0. The van der Waals surface area contributed by atoms with Crippen LogP contribution in [0.25, 0.3) is 0 Å². The lowest BCUT2D eigenvalue weighted by molar-refractivity contribution is -0.145. The zero-order valence-electron chi connectivity index (χ0n) is 25.6. The lowest BCUT2D eigenvalue weighted by Crippen LogP contribution is -2.12. The number of unbranched alkanes of at least 4 members (excludes halogenated alkanes) is 12. The summed E-state index contributed by atoms with van der Waals surface area (Å²) >= 11 is 0. The van der Waals surface area contributed by atoms with E-state index >= 15 is 0 Å². The largest absolute Gasteiger partial charge is 0.466 e. The molecule has 0 bridgehead atoms. The van der Waals surface area contributed by atoms with Gasteiger partial charge in [0.2, 0.25) is 0 Å². The lowest BCUT2D eigenvalue weighted by Gasteiger charge is -2.14. The van der Waals surface area contributed by atoms with Gasteiger partial charge in [0, 0.05) is 12.8 Å². The van der Waals surface area contributed by atoms with Gasteiger partial charge in [0.05, 0.1) is 13.2 Å². The van der Waals surface area contributed by atoms with E-state index in [1.54, 1.807) is 0 Å². The van der Waals surface area contributed by atoms with Gasteiger partial charge < -0.3 is 9.47 Å². The van der Waals surface area contributed by atoms with Crippen molar-refractivity contribution in [2.24, 2.45) is 17.8 Å². The summed E-state index contributed by atoms with van der Waals surface area (Å²) in [7, 11) is 0. The van der Waals surface area contributed by atoms with Gasteiger partial charge in [0.15, 0.2) is 0 Å². The van der Waals surface area contributed by atoms with Crippen LogP contribution >= 0.6 is 0 Å². The first-order valence-electron chi connectivity index (χ1n) is 16.2. The predicted octanol–water partition coefficient (Wildman–Crippen LogP) is 10.2. The molecule has 0 aromatic rings.